The molecule has 1 atom stereocenters. The number of benzene rings is 2. The van der Waals surface area contributed by atoms with Crippen LogP contribution in [0.2, 0.25) is 0 Å². The molecule has 2 aromatic rings. The van der Waals surface area contributed by atoms with Crippen LogP contribution in [0.4, 0.5) is 8.78 Å². The molecule has 0 unspecified atom stereocenters. The molecule has 0 bridgehead atoms. The summed E-state index contributed by atoms with van der Waals surface area (Å²) in [5.41, 5.74) is 0.699. The van der Waals surface area contributed by atoms with Gasteiger partial charge < -0.3 is 0 Å². The van der Waals surface area contributed by atoms with E-state index in [1.54, 1.807) is 0 Å². The van der Waals surface area contributed by atoms with Gasteiger partial charge in [0.15, 0.2) is 17.4 Å². The van der Waals surface area contributed by atoms with Gasteiger partial charge in [0, 0.05) is 11.6 Å². The van der Waals surface area contributed by atoms with Crippen LogP contribution < -0.4 is 4.72 Å². The van der Waals surface area contributed by atoms with Gasteiger partial charge in [-0.25, -0.2) is 21.9 Å². The molecule has 0 aliphatic heterocycles. The lowest BCUT2D eigenvalue weighted by atomic mass is 10.1. The summed E-state index contributed by atoms with van der Waals surface area (Å²) in [6, 6.07) is 7.91. The van der Waals surface area contributed by atoms with Gasteiger partial charge in [-0.1, -0.05) is 18.2 Å². The molecule has 0 saturated carbocycles. The summed E-state index contributed by atoms with van der Waals surface area (Å²) in [4.78, 5) is 11.2. The molecule has 1 N–H and O–H groups in total. The van der Waals surface area contributed by atoms with Gasteiger partial charge in [0.2, 0.25) is 10.0 Å². The van der Waals surface area contributed by atoms with Gasteiger partial charge >= 0.3 is 0 Å². The average Bonchev–Trinajstić information content (AvgIpc) is 2.49. The summed E-state index contributed by atoms with van der Waals surface area (Å²) < 4.78 is 53.1. The lowest BCUT2D eigenvalue weighted by molar-refractivity contribution is 0.101. The summed E-state index contributed by atoms with van der Waals surface area (Å²) in [6.07, 6.45) is 0. The Hall–Kier alpha value is -2.12. The smallest absolute Gasteiger partial charge is 0.241 e. The zero-order chi connectivity index (χ0) is 17.2. The van der Waals surface area contributed by atoms with Crippen molar-refractivity contribution in [3.63, 3.8) is 0 Å². The van der Waals surface area contributed by atoms with Gasteiger partial charge in [-0.15, -0.1) is 0 Å². The van der Waals surface area contributed by atoms with E-state index in [4.69, 9.17) is 0 Å². The SMILES string of the molecule is CC(=O)c1ccc(S(=O)(=O)N[C@H](C)c2ccc(F)c(F)c2)cc1. The van der Waals surface area contributed by atoms with Crippen LogP contribution in [0.25, 0.3) is 0 Å². The summed E-state index contributed by atoms with van der Waals surface area (Å²) in [5, 5.41) is 0. The standard InChI is InChI=1S/C16H15F2NO3S/c1-10(13-5-8-15(17)16(18)9-13)19-23(21,22)14-6-3-12(4-7-14)11(2)20/h3-10,19H,1-2H3/t10-/m1/s1. The van der Waals surface area contributed by atoms with Crippen LogP contribution >= 0.6 is 0 Å². The minimum Gasteiger partial charge on any atom is -0.295 e. The molecule has 0 aliphatic carbocycles. The first-order valence-electron chi connectivity index (χ1n) is 6.79. The van der Waals surface area contributed by atoms with Crippen molar-refractivity contribution in [3.05, 3.63) is 65.2 Å². The molecular formula is C16H15F2NO3S. The molecule has 0 amide bonds. The van der Waals surface area contributed by atoms with E-state index in [9.17, 15) is 22.0 Å². The van der Waals surface area contributed by atoms with Gasteiger partial charge in [0.1, 0.15) is 0 Å². The molecule has 122 valence electrons. The number of carbonyl (C=O) groups excluding carboxylic acids is 1. The normalized spacial score (nSPS) is 12.9. The van der Waals surface area contributed by atoms with E-state index >= 15 is 0 Å². The number of sulfonamides is 1. The molecule has 0 radical (unpaired) electrons. The highest BCUT2D eigenvalue weighted by Gasteiger charge is 2.19. The monoisotopic (exact) mass is 339 g/mol. The molecule has 2 aromatic carbocycles. The van der Waals surface area contributed by atoms with Crippen molar-refractivity contribution >= 4 is 15.8 Å². The Balaban J connectivity index is 2.22. The first kappa shape index (κ1) is 17.2. The first-order valence-corrected chi connectivity index (χ1v) is 8.27. The third-order valence-electron chi connectivity index (χ3n) is 3.35. The highest BCUT2D eigenvalue weighted by atomic mass is 32.2. The number of Topliss-reactive ketones (excluding diaryl/α,β-unsaturated/α-hetero) is 1. The number of hydrogen-bond acceptors (Lipinski definition) is 3. The van der Waals surface area contributed by atoms with Crippen LogP contribution in [-0.2, 0) is 10.0 Å². The summed E-state index contributed by atoms with van der Waals surface area (Å²) in [7, 11) is -3.85. The summed E-state index contributed by atoms with van der Waals surface area (Å²) in [5.74, 6) is -2.21. The van der Waals surface area contributed by atoms with E-state index in [1.807, 2.05) is 0 Å². The Morgan fingerprint density at radius 3 is 2.17 bits per heavy atom. The molecule has 7 heteroatoms. The molecule has 0 saturated heterocycles. The molecule has 0 heterocycles. The van der Waals surface area contributed by atoms with Crippen molar-refractivity contribution in [1.82, 2.24) is 4.72 Å². The van der Waals surface area contributed by atoms with E-state index < -0.39 is 27.7 Å². The Morgan fingerprint density at radius 1 is 1.04 bits per heavy atom. The van der Waals surface area contributed by atoms with E-state index in [0.29, 0.717) is 11.1 Å². The van der Waals surface area contributed by atoms with Crippen LogP contribution in [-0.4, -0.2) is 14.2 Å². The first-order chi connectivity index (χ1) is 10.7. The fourth-order valence-electron chi connectivity index (χ4n) is 2.02. The third kappa shape index (κ3) is 4.00. The van der Waals surface area contributed by atoms with Crippen LogP contribution in [0.1, 0.15) is 35.8 Å². The highest BCUT2D eigenvalue weighted by Crippen LogP contribution is 2.19. The Morgan fingerprint density at radius 2 is 1.65 bits per heavy atom. The van der Waals surface area contributed by atoms with Crippen LogP contribution in [0.3, 0.4) is 0 Å². The van der Waals surface area contributed by atoms with Crippen molar-refractivity contribution in [2.75, 3.05) is 0 Å². The zero-order valence-electron chi connectivity index (χ0n) is 12.5. The highest BCUT2D eigenvalue weighted by molar-refractivity contribution is 7.89. The molecule has 0 aliphatic rings. The molecule has 0 aromatic heterocycles. The number of carbonyl (C=O) groups is 1. The van der Waals surface area contributed by atoms with Crippen LogP contribution in [0, 0.1) is 11.6 Å². The van der Waals surface area contributed by atoms with Gasteiger partial charge in [-0.2, -0.15) is 0 Å². The summed E-state index contributed by atoms with van der Waals surface area (Å²) >= 11 is 0. The molecule has 23 heavy (non-hydrogen) atoms. The molecular weight excluding hydrogens is 324 g/mol. The van der Waals surface area contributed by atoms with Gasteiger partial charge in [0.05, 0.1) is 4.90 Å². The van der Waals surface area contributed by atoms with Crippen molar-refractivity contribution in [2.24, 2.45) is 0 Å². The minimum absolute atomic E-state index is 0.0167. The second-order valence-electron chi connectivity index (χ2n) is 5.10. The second kappa shape index (κ2) is 6.55. The zero-order valence-corrected chi connectivity index (χ0v) is 13.3. The molecule has 4 nitrogen and oxygen atoms in total. The van der Waals surface area contributed by atoms with Crippen molar-refractivity contribution in [3.8, 4) is 0 Å². The van der Waals surface area contributed by atoms with Crippen LogP contribution in [0.5, 0.6) is 0 Å². The molecule has 2 rings (SSSR count). The van der Waals surface area contributed by atoms with E-state index in [-0.39, 0.29) is 10.7 Å². The van der Waals surface area contributed by atoms with Crippen molar-refractivity contribution < 1.29 is 22.0 Å². The maximum atomic E-state index is 13.2. The van der Waals surface area contributed by atoms with Gasteiger partial charge in [-0.05, 0) is 43.7 Å². The van der Waals surface area contributed by atoms with E-state index in [1.165, 1.54) is 44.2 Å². The molecule has 0 spiro atoms. The minimum atomic E-state index is -3.85. The predicted octanol–water partition coefficient (Wildman–Crippen LogP) is 3.21. The van der Waals surface area contributed by atoms with E-state index in [2.05, 4.69) is 4.72 Å². The largest absolute Gasteiger partial charge is 0.295 e. The fourth-order valence-corrected chi connectivity index (χ4v) is 3.25. The number of halogens is 2. The second-order valence-corrected chi connectivity index (χ2v) is 6.81. The maximum Gasteiger partial charge on any atom is 0.241 e. The summed E-state index contributed by atoms with van der Waals surface area (Å²) in [6.45, 7) is 2.90. The van der Waals surface area contributed by atoms with Gasteiger partial charge in [0.25, 0.3) is 0 Å². The Labute approximate surface area is 133 Å². The number of hydrogen-bond donors (Lipinski definition) is 1. The lowest BCUT2D eigenvalue weighted by Crippen LogP contribution is -2.27. The number of nitrogens with one attached hydrogen (secondary N) is 1. The molecule has 0 fully saturated rings. The Bertz CT molecular complexity index is 833. The average molecular weight is 339 g/mol. The fraction of sp³-hybridized carbons (Fsp3) is 0.188. The predicted molar refractivity (Wildman–Crippen MR) is 81.5 cm³/mol. The number of rotatable bonds is 5. The third-order valence-corrected chi connectivity index (χ3v) is 4.90. The van der Waals surface area contributed by atoms with E-state index in [0.717, 1.165) is 12.1 Å². The van der Waals surface area contributed by atoms with Crippen molar-refractivity contribution in [2.45, 2.75) is 24.8 Å². The van der Waals surface area contributed by atoms with Crippen molar-refractivity contribution in [1.29, 1.82) is 0 Å². The maximum absolute atomic E-state index is 13.2. The Kier molecular flexibility index (Phi) is 4.91. The van der Waals surface area contributed by atoms with Crippen LogP contribution in [0.15, 0.2) is 47.4 Å². The lowest BCUT2D eigenvalue weighted by Gasteiger charge is -2.15. The quantitative estimate of drug-likeness (QED) is 0.851. The topological polar surface area (TPSA) is 63.2 Å². The number of ketones is 1. The van der Waals surface area contributed by atoms with Gasteiger partial charge in [-0.3, -0.25) is 4.79 Å².